The van der Waals surface area contributed by atoms with Gasteiger partial charge in [0, 0.05) is 18.9 Å². The van der Waals surface area contributed by atoms with Crippen LogP contribution in [0.1, 0.15) is 17.3 Å². The van der Waals surface area contributed by atoms with Gasteiger partial charge in [0.2, 0.25) is 0 Å². The van der Waals surface area contributed by atoms with Crippen molar-refractivity contribution in [1.82, 2.24) is 0 Å². The number of anilines is 1. The molecule has 5 heteroatoms. The quantitative estimate of drug-likeness (QED) is 0.622. The Bertz CT molecular complexity index is 392. The number of ether oxygens (including phenoxy) is 3. The van der Waals surface area contributed by atoms with E-state index in [4.69, 9.17) is 15.2 Å². The molecule has 0 aliphatic carbocycles. The standard InChI is InChI=1S/C12H17NO4/c1-8(7-15-2)17-11-6-9(13)4-5-10(11)12(14)16-3/h4-6,8H,7,13H2,1-3H3. The Balaban J connectivity index is 2.94. The molecule has 0 heterocycles. The molecular formula is C12H17NO4. The zero-order valence-corrected chi connectivity index (χ0v) is 10.2. The van der Waals surface area contributed by atoms with Gasteiger partial charge in [-0.2, -0.15) is 0 Å². The monoisotopic (exact) mass is 239 g/mol. The summed E-state index contributed by atoms with van der Waals surface area (Å²) in [6.45, 7) is 2.27. The van der Waals surface area contributed by atoms with E-state index in [0.29, 0.717) is 23.6 Å². The second-order valence-corrected chi connectivity index (χ2v) is 3.63. The molecule has 0 aromatic heterocycles. The van der Waals surface area contributed by atoms with E-state index >= 15 is 0 Å². The van der Waals surface area contributed by atoms with E-state index in [2.05, 4.69) is 4.74 Å². The number of carbonyl (C=O) groups excluding carboxylic acids is 1. The number of hydrogen-bond acceptors (Lipinski definition) is 5. The van der Waals surface area contributed by atoms with Crippen LogP contribution in [-0.4, -0.2) is 32.9 Å². The highest BCUT2D eigenvalue weighted by molar-refractivity contribution is 5.93. The number of nitrogens with two attached hydrogens (primary N) is 1. The summed E-state index contributed by atoms with van der Waals surface area (Å²) >= 11 is 0. The lowest BCUT2D eigenvalue weighted by Gasteiger charge is -2.16. The minimum atomic E-state index is -0.454. The third kappa shape index (κ3) is 3.64. The van der Waals surface area contributed by atoms with Gasteiger partial charge in [-0.05, 0) is 19.1 Å². The van der Waals surface area contributed by atoms with Gasteiger partial charge in [0.05, 0.1) is 13.7 Å². The predicted molar refractivity (Wildman–Crippen MR) is 64.2 cm³/mol. The normalized spacial score (nSPS) is 11.9. The van der Waals surface area contributed by atoms with Gasteiger partial charge in [0.15, 0.2) is 0 Å². The highest BCUT2D eigenvalue weighted by Crippen LogP contribution is 2.23. The van der Waals surface area contributed by atoms with Gasteiger partial charge in [-0.25, -0.2) is 4.79 Å². The lowest BCUT2D eigenvalue weighted by molar-refractivity contribution is 0.0582. The number of methoxy groups -OCH3 is 2. The summed E-state index contributed by atoms with van der Waals surface area (Å²) in [5.74, 6) is -0.0500. The molecule has 94 valence electrons. The molecule has 17 heavy (non-hydrogen) atoms. The number of benzene rings is 1. The van der Waals surface area contributed by atoms with Crippen LogP contribution in [-0.2, 0) is 9.47 Å². The largest absolute Gasteiger partial charge is 0.487 e. The SMILES string of the molecule is COCC(C)Oc1cc(N)ccc1C(=O)OC. The molecule has 0 bridgehead atoms. The number of rotatable bonds is 5. The van der Waals surface area contributed by atoms with Crippen LogP contribution in [0.5, 0.6) is 5.75 Å². The fraction of sp³-hybridized carbons (Fsp3) is 0.417. The van der Waals surface area contributed by atoms with Crippen molar-refractivity contribution < 1.29 is 19.0 Å². The van der Waals surface area contributed by atoms with Gasteiger partial charge in [-0.15, -0.1) is 0 Å². The summed E-state index contributed by atoms with van der Waals surface area (Å²) < 4.78 is 15.2. The second-order valence-electron chi connectivity index (χ2n) is 3.63. The van der Waals surface area contributed by atoms with Crippen LogP contribution in [0.25, 0.3) is 0 Å². The number of nitrogen functional groups attached to an aromatic ring is 1. The Morgan fingerprint density at radius 1 is 1.41 bits per heavy atom. The third-order valence-electron chi connectivity index (χ3n) is 2.14. The molecule has 0 amide bonds. The first kappa shape index (κ1) is 13.3. The number of carbonyl (C=O) groups is 1. The van der Waals surface area contributed by atoms with Crippen molar-refractivity contribution in [2.75, 3.05) is 26.6 Å². The van der Waals surface area contributed by atoms with E-state index in [1.807, 2.05) is 6.92 Å². The van der Waals surface area contributed by atoms with Crippen LogP contribution in [0.2, 0.25) is 0 Å². The zero-order valence-electron chi connectivity index (χ0n) is 10.2. The second kappa shape index (κ2) is 6.10. The molecule has 5 nitrogen and oxygen atoms in total. The molecule has 0 saturated heterocycles. The van der Waals surface area contributed by atoms with E-state index in [1.165, 1.54) is 7.11 Å². The van der Waals surface area contributed by atoms with Crippen molar-refractivity contribution in [3.8, 4) is 5.75 Å². The molecule has 1 rings (SSSR count). The summed E-state index contributed by atoms with van der Waals surface area (Å²) in [5.41, 5.74) is 6.53. The zero-order chi connectivity index (χ0) is 12.8. The van der Waals surface area contributed by atoms with Crippen LogP contribution in [0.3, 0.4) is 0 Å². The molecule has 0 aliphatic rings. The first-order valence-corrected chi connectivity index (χ1v) is 5.22. The molecule has 0 radical (unpaired) electrons. The Morgan fingerprint density at radius 2 is 2.12 bits per heavy atom. The summed E-state index contributed by atoms with van der Waals surface area (Å²) in [6, 6.07) is 4.80. The number of esters is 1. The maximum Gasteiger partial charge on any atom is 0.341 e. The molecule has 1 unspecified atom stereocenters. The average molecular weight is 239 g/mol. The Kier molecular flexibility index (Phi) is 4.78. The summed E-state index contributed by atoms with van der Waals surface area (Å²) in [6.07, 6.45) is -0.176. The highest BCUT2D eigenvalue weighted by atomic mass is 16.5. The van der Waals surface area contributed by atoms with Crippen LogP contribution >= 0.6 is 0 Å². The van der Waals surface area contributed by atoms with Crippen LogP contribution in [0.4, 0.5) is 5.69 Å². The maximum atomic E-state index is 11.5. The average Bonchev–Trinajstić information content (AvgIpc) is 2.28. The van der Waals surface area contributed by atoms with Crippen molar-refractivity contribution in [2.24, 2.45) is 0 Å². The third-order valence-corrected chi connectivity index (χ3v) is 2.14. The van der Waals surface area contributed by atoms with E-state index in [9.17, 15) is 4.79 Å². The summed E-state index contributed by atoms with van der Waals surface area (Å²) in [4.78, 5) is 11.5. The van der Waals surface area contributed by atoms with Crippen molar-refractivity contribution in [3.63, 3.8) is 0 Å². The van der Waals surface area contributed by atoms with Crippen molar-refractivity contribution in [2.45, 2.75) is 13.0 Å². The summed E-state index contributed by atoms with van der Waals surface area (Å²) in [7, 11) is 2.90. The van der Waals surface area contributed by atoms with Gasteiger partial charge in [-0.3, -0.25) is 0 Å². The fourth-order valence-electron chi connectivity index (χ4n) is 1.40. The molecule has 1 aromatic rings. The Hall–Kier alpha value is -1.75. The minimum Gasteiger partial charge on any atom is -0.487 e. The van der Waals surface area contributed by atoms with E-state index in [0.717, 1.165) is 0 Å². The van der Waals surface area contributed by atoms with Crippen molar-refractivity contribution in [3.05, 3.63) is 23.8 Å². The van der Waals surface area contributed by atoms with Gasteiger partial charge >= 0.3 is 5.97 Å². The van der Waals surface area contributed by atoms with Gasteiger partial charge in [-0.1, -0.05) is 0 Å². The van der Waals surface area contributed by atoms with Crippen LogP contribution in [0, 0.1) is 0 Å². The molecular weight excluding hydrogens is 222 g/mol. The maximum absolute atomic E-state index is 11.5. The van der Waals surface area contributed by atoms with Crippen molar-refractivity contribution in [1.29, 1.82) is 0 Å². The topological polar surface area (TPSA) is 70.8 Å². The predicted octanol–water partition coefficient (Wildman–Crippen LogP) is 1.47. The minimum absolute atomic E-state index is 0.176. The fourth-order valence-corrected chi connectivity index (χ4v) is 1.40. The van der Waals surface area contributed by atoms with Crippen molar-refractivity contribution >= 4 is 11.7 Å². The molecule has 0 saturated carbocycles. The first-order valence-electron chi connectivity index (χ1n) is 5.22. The molecule has 2 N–H and O–H groups in total. The molecule has 0 aliphatic heterocycles. The highest BCUT2D eigenvalue weighted by Gasteiger charge is 2.15. The number of hydrogen-bond donors (Lipinski definition) is 1. The lowest BCUT2D eigenvalue weighted by atomic mass is 10.2. The van der Waals surface area contributed by atoms with Gasteiger partial charge in [0.25, 0.3) is 0 Å². The first-order chi connectivity index (χ1) is 8.08. The van der Waals surface area contributed by atoms with E-state index < -0.39 is 5.97 Å². The van der Waals surface area contributed by atoms with E-state index in [-0.39, 0.29) is 6.10 Å². The lowest BCUT2D eigenvalue weighted by Crippen LogP contribution is -2.19. The summed E-state index contributed by atoms with van der Waals surface area (Å²) in [5, 5.41) is 0. The molecule has 1 aromatic carbocycles. The van der Waals surface area contributed by atoms with E-state index in [1.54, 1.807) is 25.3 Å². The van der Waals surface area contributed by atoms with Gasteiger partial charge in [0.1, 0.15) is 17.4 Å². The molecule has 0 fully saturated rings. The Labute approximate surface area is 100 Å². The molecule has 1 atom stereocenters. The van der Waals surface area contributed by atoms with Crippen LogP contribution in [0.15, 0.2) is 18.2 Å². The smallest absolute Gasteiger partial charge is 0.341 e. The van der Waals surface area contributed by atoms with Crippen LogP contribution < -0.4 is 10.5 Å². The molecule has 0 spiro atoms. The Morgan fingerprint density at radius 3 is 2.71 bits per heavy atom. The van der Waals surface area contributed by atoms with Gasteiger partial charge < -0.3 is 19.9 Å².